The third kappa shape index (κ3) is 4.29. The van der Waals surface area contributed by atoms with Gasteiger partial charge in [-0.05, 0) is 24.5 Å². The molecule has 0 radical (unpaired) electrons. The number of ether oxygens (including phenoxy) is 1. The fraction of sp³-hybridized carbons (Fsp3) is 0.571. The van der Waals surface area contributed by atoms with E-state index in [0.717, 1.165) is 18.4 Å². The van der Waals surface area contributed by atoms with Crippen molar-refractivity contribution >= 4 is 5.91 Å². The third-order valence-electron chi connectivity index (χ3n) is 3.34. The maximum Gasteiger partial charge on any atom is 0.269 e. The molecule has 1 heterocycles. The molecular formula is C14H21N3O2. The maximum absolute atomic E-state index is 11.8. The highest BCUT2D eigenvalue weighted by Crippen LogP contribution is 2.20. The smallest absolute Gasteiger partial charge is 0.269 e. The summed E-state index contributed by atoms with van der Waals surface area (Å²) in [6.07, 6.45) is 6.83. The van der Waals surface area contributed by atoms with Crippen LogP contribution in [0.4, 0.5) is 0 Å². The SMILES string of the molecule is NCc1ccc(C(=O)NCCOC2CCCC2)nc1. The number of nitrogens with two attached hydrogens (primary N) is 1. The molecule has 1 aromatic rings. The second-order valence-electron chi connectivity index (χ2n) is 4.79. The molecule has 0 aromatic carbocycles. The summed E-state index contributed by atoms with van der Waals surface area (Å²) in [5.74, 6) is -0.168. The van der Waals surface area contributed by atoms with Crippen molar-refractivity contribution in [3.05, 3.63) is 29.6 Å². The monoisotopic (exact) mass is 263 g/mol. The van der Waals surface area contributed by atoms with Crippen molar-refractivity contribution < 1.29 is 9.53 Å². The lowest BCUT2D eigenvalue weighted by atomic mass is 10.2. The summed E-state index contributed by atoms with van der Waals surface area (Å²) >= 11 is 0. The summed E-state index contributed by atoms with van der Waals surface area (Å²) in [5.41, 5.74) is 6.81. The van der Waals surface area contributed by atoms with Gasteiger partial charge >= 0.3 is 0 Å². The highest BCUT2D eigenvalue weighted by Gasteiger charge is 2.15. The maximum atomic E-state index is 11.8. The topological polar surface area (TPSA) is 77.2 Å². The molecule has 1 saturated carbocycles. The molecule has 0 saturated heterocycles. The molecule has 1 aliphatic rings. The van der Waals surface area contributed by atoms with Crippen molar-refractivity contribution in [2.24, 2.45) is 5.73 Å². The van der Waals surface area contributed by atoms with Gasteiger partial charge in [0.2, 0.25) is 0 Å². The van der Waals surface area contributed by atoms with Gasteiger partial charge in [-0.25, -0.2) is 0 Å². The van der Waals surface area contributed by atoms with Gasteiger partial charge in [0.25, 0.3) is 5.91 Å². The van der Waals surface area contributed by atoms with Gasteiger partial charge < -0.3 is 15.8 Å². The van der Waals surface area contributed by atoms with Crippen LogP contribution in [-0.2, 0) is 11.3 Å². The molecule has 0 bridgehead atoms. The first-order chi connectivity index (χ1) is 9.29. The molecule has 104 valence electrons. The van der Waals surface area contributed by atoms with Crippen LogP contribution < -0.4 is 11.1 Å². The van der Waals surface area contributed by atoms with Crippen LogP contribution in [0.2, 0.25) is 0 Å². The van der Waals surface area contributed by atoms with E-state index >= 15 is 0 Å². The zero-order valence-electron chi connectivity index (χ0n) is 11.1. The van der Waals surface area contributed by atoms with Crippen LogP contribution in [0.25, 0.3) is 0 Å². The number of pyridine rings is 1. The molecule has 3 N–H and O–H groups in total. The van der Waals surface area contributed by atoms with Gasteiger partial charge in [-0.2, -0.15) is 0 Å². The number of rotatable bonds is 6. The highest BCUT2D eigenvalue weighted by molar-refractivity contribution is 5.92. The largest absolute Gasteiger partial charge is 0.376 e. The van der Waals surface area contributed by atoms with Gasteiger partial charge in [0.1, 0.15) is 5.69 Å². The number of amides is 1. The summed E-state index contributed by atoms with van der Waals surface area (Å²) < 4.78 is 5.67. The first kappa shape index (κ1) is 14.0. The lowest BCUT2D eigenvalue weighted by Gasteiger charge is -2.11. The minimum atomic E-state index is -0.168. The molecule has 5 heteroatoms. The van der Waals surface area contributed by atoms with Gasteiger partial charge in [0.15, 0.2) is 0 Å². The Balaban J connectivity index is 1.68. The quantitative estimate of drug-likeness (QED) is 0.757. The summed E-state index contributed by atoms with van der Waals surface area (Å²) in [5, 5.41) is 2.80. The molecule has 0 aliphatic heterocycles. The Morgan fingerprint density at radius 3 is 2.84 bits per heavy atom. The number of hydrogen-bond acceptors (Lipinski definition) is 4. The van der Waals surface area contributed by atoms with Crippen LogP contribution in [-0.4, -0.2) is 30.1 Å². The predicted molar refractivity (Wildman–Crippen MR) is 72.7 cm³/mol. The number of hydrogen-bond donors (Lipinski definition) is 2. The number of carbonyl (C=O) groups is 1. The molecule has 0 atom stereocenters. The zero-order valence-corrected chi connectivity index (χ0v) is 11.1. The van der Waals surface area contributed by atoms with Gasteiger partial charge in [-0.15, -0.1) is 0 Å². The van der Waals surface area contributed by atoms with Crippen LogP contribution in [0, 0.1) is 0 Å². The van der Waals surface area contributed by atoms with Crippen LogP contribution in [0.5, 0.6) is 0 Å². The molecule has 1 aliphatic carbocycles. The van der Waals surface area contributed by atoms with Gasteiger partial charge in [0.05, 0.1) is 12.7 Å². The lowest BCUT2D eigenvalue weighted by Crippen LogP contribution is -2.29. The molecular weight excluding hydrogens is 242 g/mol. The van der Waals surface area contributed by atoms with E-state index in [2.05, 4.69) is 10.3 Å². The molecule has 1 amide bonds. The summed E-state index contributed by atoms with van der Waals surface area (Å²) in [4.78, 5) is 15.9. The van der Waals surface area contributed by atoms with E-state index in [1.54, 1.807) is 12.3 Å². The minimum Gasteiger partial charge on any atom is -0.376 e. The van der Waals surface area contributed by atoms with Crippen molar-refractivity contribution in [3.8, 4) is 0 Å². The van der Waals surface area contributed by atoms with Crippen molar-refractivity contribution in [2.45, 2.75) is 38.3 Å². The number of aromatic nitrogens is 1. The van der Waals surface area contributed by atoms with Crippen LogP contribution in [0.15, 0.2) is 18.3 Å². The Labute approximate surface area is 113 Å². The number of nitrogens with zero attached hydrogens (tertiary/aromatic N) is 1. The van der Waals surface area contributed by atoms with Crippen molar-refractivity contribution in [2.75, 3.05) is 13.2 Å². The van der Waals surface area contributed by atoms with Gasteiger partial charge in [0, 0.05) is 19.3 Å². The Bertz CT molecular complexity index is 400. The first-order valence-electron chi connectivity index (χ1n) is 6.84. The van der Waals surface area contributed by atoms with Crippen molar-refractivity contribution in [3.63, 3.8) is 0 Å². The zero-order chi connectivity index (χ0) is 13.5. The van der Waals surface area contributed by atoms with E-state index < -0.39 is 0 Å². The fourth-order valence-corrected chi connectivity index (χ4v) is 2.22. The van der Waals surface area contributed by atoms with Crippen molar-refractivity contribution in [1.29, 1.82) is 0 Å². The third-order valence-corrected chi connectivity index (χ3v) is 3.34. The average molecular weight is 263 g/mol. The van der Waals surface area contributed by atoms with E-state index in [1.165, 1.54) is 12.8 Å². The van der Waals surface area contributed by atoms with E-state index in [4.69, 9.17) is 10.5 Å². The molecule has 0 spiro atoms. The minimum absolute atomic E-state index is 0.168. The van der Waals surface area contributed by atoms with E-state index in [9.17, 15) is 4.79 Å². The van der Waals surface area contributed by atoms with Gasteiger partial charge in [-0.1, -0.05) is 18.9 Å². The Morgan fingerprint density at radius 1 is 1.42 bits per heavy atom. The Kier molecular flexibility index (Phi) is 5.30. The fourth-order valence-electron chi connectivity index (χ4n) is 2.22. The normalized spacial score (nSPS) is 15.6. The number of nitrogens with one attached hydrogen (secondary N) is 1. The molecule has 1 fully saturated rings. The first-order valence-corrected chi connectivity index (χ1v) is 6.84. The van der Waals surface area contributed by atoms with Crippen LogP contribution >= 0.6 is 0 Å². The van der Waals surface area contributed by atoms with Crippen LogP contribution in [0.1, 0.15) is 41.7 Å². The second-order valence-corrected chi connectivity index (χ2v) is 4.79. The van der Waals surface area contributed by atoms with E-state index in [0.29, 0.717) is 31.5 Å². The summed E-state index contributed by atoms with van der Waals surface area (Å²) in [6, 6.07) is 3.51. The standard InChI is InChI=1S/C14H21N3O2/c15-9-11-5-6-13(17-10-11)14(18)16-7-8-19-12-3-1-2-4-12/h5-6,10,12H,1-4,7-9,15H2,(H,16,18). The summed E-state index contributed by atoms with van der Waals surface area (Å²) in [7, 11) is 0. The molecule has 1 aromatic heterocycles. The highest BCUT2D eigenvalue weighted by atomic mass is 16.5. The Morgan fingerprint density at radius 2 is 2.21 bits per heavy atom. The molecule has 5 nitrogen and oxygen atoms in total. The lowest BCUT2D eigenvalue weighted by molar-refractivity contribution is 0.0581. The van der Waals surface area contributed by atoms with E-state index in [1.807, 2.05) is 6.07 Å². The molecule has 19 heavy (non-hydrogen) atoms. The predicted octanol–water partition coefficient (Wildman–Crippen LogP) is 1.23. The van der Waals surface area contributed by atoms with Gasteiger partial charge in [-0.3, -0.25) is 9.78 Å². The molecule has 0 unspecified atom stereocenters. The van der Waals surface area contributed by atoms with E-state index in [-0.39, 0.29) is 5.91 Å². The average Bonchev–Trinajstić information content (AvgIpc) is 2.96. The Hall–Kier alpha value is -1.46. The molecule has 2 rings (SSSR count). The second kappa shape index (κ2) is 7.21. The number of carbonyl (C=O) groups excluding carboxylic acids is 1. The van der Waals surface area contributed by atoms with Crippen LogP contribution in [0.3, 0.4) is 0 Å². The summed E-state index contributed by atoms with van der Waals surface area (Å²) in [6.45, 7) is 1.52. The van der Waals surface area contributed by atoms with Crippen molar-refractivity contribution in [1.82, 2.24) is 10.3 Å².